The Hall–Kier alpha value is -1.77. The van der Waals surface area contributed by atoms with E-state index in [4.69, 9.17) is 0 Å². The van der Waals surface area contributed by atoms with Crippen LogP contribution in [0.1, 0.15) is 51.1 Å². The lowest BCUT2D eigenvalue weighted by atomic mass is 10.0. The van der Waals surface area contributed by atoms with Gasteiger partial charge in [-0.3, -0.25) is 4.68 Å². The number of nitrogens with one attached hydrogen (secondary N) is 1. The Kier molecular flexibility index (Phi) is 5.66. The highest BCUT2D eigenvalue weighted by Crippen LogP contribution is 2.24. The molecule has 0 amide bonds. The van der Waals surface area contributed by atoms with Crippen molar-refractivity contribution < 1.29 is 0 Å². The Morgan fingerprint density at radius 2 is 1.95 bits per heavy atom. The second-order valence-corrected chi connectivity index (χ2v) is 5.19. The van der Waals surface area contributed by atoms with Gasteiger partial charge in [0.1, 0.15) is 0 Å². The summed E-state index contributed by atoms with van der Waals surface area (Å²) >= 11 is 0. The number of aromatic nitrogens is 2. The fraction of sp³-hybridized carbons (Fsp3) is 0.471. The quantitative estimate of drug-likeness (QED) is 0.709. The van der Waals surface area contributed by atoms with Gasteiger partial charge in [-0.05, 0) is 18.9 Å². The molecule has 0 saturated carbocycles. The fourth-order valence-electron chi connectivity index (χ4n) is 2.42. The summed E-state index contributed by atoms with van der Waals surface area (Å²) in [6.45, 7) is 5.26. The fourth-order valence-corrected chi connectivity index (χ4v) is 2.42. The Labute approximate surface area is 122 Å². The smallest absolute Gasteiger partial charge is 0.0731 e. The van der Waals surface area contributed by atoms with Crippen molar-refractivity contribution in [3.63, 3.8) is 0 Å². The van der Waals surface area contributed by atoms with E-state index < -0.39 is 0 Å². The third-order valence-corrected chi connectivity index (χ3v) is 3.60. The topological polar surface area (TPSA) is 29.9 Å². The number of aryl methyl sites for hydroxylation is 1. The first-order valence-electron chi connectivity index (χ1n) is 7.67. The maximum atomic E-state index is 4.33. The minimum atomic E-state index is 0.372. The molecule has 1 heterocycles. The van der Waals surface area contributed by atoms with E-state index in [0.717, 1.165) is 18.7 Å². The summed E-state index contributed by atoms with van der Waals surface area (Å²) in [7, 11) is 0. The highest BCUT2D eigenvalue weighted by atomic mass is 15.3. The number of rotatable bonds is 8. The van der Waals surface area contributed by atoms with E-state index in [2.05, 4.69) is 60.8 Å². The first-order chi connectivity index (χ1) is 9.83. The maximum Gasteiger partial charge on any atom is 0.0731 e. The average Bonchev–Trinajstić information content (AvgIpc) is 2.95. The molecule has 1 N–H and O–H groups in total. The molecule has 0 aliphatic carbocycles. The zero-order valence-corrected chi connectivity index (χ0v) is 12.5. The molecule has 3 nitrogen and oxygen atoms in total. The highest BCUT2D eigenvalue weighted by molar-refractivity contribution is 5.41. The largest absolute Gasteiger partial charge is 0.376 e. The summed E-state index contributed by atoms with van der Waals surface area (Å²) < 4.78 is 1.95. The molecule has 0 spiro atoms. The van der Waals surface area contributed by atoms with Gasteiger partial charge in [0.15, 0.2) is 0 Å². The van der Waals surface area contributed by atoms with Crippen LogP contribution >= 0.6 is 0 Å². The van der Waals surface area contributed by atoms with Crippen LogP contribution in [-0.4, -0.2) is 9.78 Å². The van der Waals surface area contributed by atoms with Crippen LogP contribution in [0.5, 0.6) is 0 Å². The van der Waals surface area contributed by atoms with Gasteiger partial charge in [-0.25, -0.2) is 0 Å². The Morgan fingerprint density at radius 1 is 1.15 bits per heavy atom. The van der Waals surface area contributed by atoms with Crippen molar-refractivity contribution in [3.8, 4) is 0 Å². The Morgan fingerprint density at radius 3 is 2.60 bits per heavy atom. The van der Waals surface area contributed by atoms with E-state index in [1.807, 2.05) is 10.9 Å². The van der Waals surface area contributed by atoms with Gasteiger partial charge in [-0.1, -0.05) is 56.5 Å². The summed E-state index contributed by atoms with van der Waals surface area (Å²) in [4.78, 5) is 0. The predicted molar refractivity (Wildman–Crippen MR) is 84.8 cm³/mol. The Balaban J connectivity index is 2.05. The molecule has 1 unspecified atom stereocenters. The SMILES string of the molecule is CCCCCC(Nc1cnn(CC)c1)c1ccccc1. The molecule has 0 aliphatic rings. The molecule has 0 radical (unpaired) electrons. The van der Waals surface area contributed by atoms with Gasteiger partial charge in [0.2, 0.25) is 0 Å². The van der Waals surface area contributed by atoms with E-state index in [9.17, 15) is 0 Å². The minimum absolute atomic E-state index is 0.372. The normalized spacial score (nSPS) is 12.3. The van der Waals surface area contributed by atoms with Crippen LogP contribution in [0.2, 0.25) is 0 Å². The van der Waals surface area contributed by atoms with Gasteiger partial charge < -0.3 is 5.32 Å². The van der Waals surface area contributed by atoms with E-state index in [1.54, 1.807) is 0 Å². The predicted octanol–water partition coefficient (Wildman–Crippen LogP) is 4.64. The summed E-state index contributed by atoms with van der Waals surface area (Å²) in [6, 6.07) is 11.1. The zero-order valence-electron chi connectivity index (χ0n) is 12.5. The summed E-state index contributed by atoms with van der Waals surface area (Å²) in [5.74, 6) is 0. The van der Waals surface area contributed by atoms with Crippen molar-refractivity contribution in [2.75, 3.05) is 5.32 Å². The van der Waals surface area contributed by atoms with Gasteiger partial charge in [-0.2, -0.15) is 5.10 Å². The first kappa shape index (κ1) is 14.6. The monoisotopic (exact) mass is 271 g/mol. The molecular weight excluding hydrogens is 246 g/mol. The molecule has 1 atom stereocenters. The number of hydrogen-bond donors (Lipinski definition) is 1. The van der Waals surface area contributed by atoms with Crippen LogP contribution in [-0.2, 0) is 6.54 Å². The van der Waals surface area contributed by atoms with Crippen molar-refractivity contribution in [3.05, 3.63) is 48.3 Å². The van der Waals surface area contributed by atoms with Crippen LogP contribution in [0.3, 0.4) is 0 Å². The summed E-state index contributed by atoms with van der Waals surface area (Å²) in [5.41, 5.74) is 2.46. The molecule has 3 heteroatoms. The summed E-state index contributed by atoms with van der Waals surface area (Å²) in [6.07, 6.45) is 8.96. The van der Waals surface area contributed by atoms with Crippen molar-refractivity contribution in [2.24, 2.45) is 0 Å². The van der Waals surface area contributed by atoms with Crippen LogP contribution < -0.4 is 5.32 Å². The number of nitrogens with zero attached hydrogens (tertiary/aromatic N) is 2. The lowest BCUT2D eigenvalue weighted by molar-refractivity contribution is 0.606. The van der Waals surface area contributed by atoms with Crippen LogP contribution in [0.25, 0.3) is 0 Å². The molecular formula is C17H25N3. The zero-order chi connectivity index (χ0) is 14.2. The number of anilines is 1. The van der Waals surface area contributed by atoms with E-state index in [-0.39, 0.29) is 0 Å². The van der Waals surface area contributed by atoms with E-state index in [1.165, 1.54) is 24.8 Å². The molecule has 1 aromatic carbocycles. The van der Waals surface area contributed by atoms with Gasteiger partial charge in [0.25, 0.3) is 0 Å². The molecule has 0 bridgehead atoms. The Bertz CT molecular complexity index is 490. The average molecular weight is 271 g/mol. The van der Waals surface area contributed by atoms with Crippen molar-refractivity contribution >= 4 is 5.69 Å². The third kappa shape index (κ3) is 4.12. The molecule has 0 saturated heterocycles. The third-order valence-electron chi connectivity index (χ3n) is 3.60. The minimum Gasteiger partial charge on any atom is -0.376 e. The van der Waals surface area contributed by atoms with E-state index >= 15 is 0 Å². The molecule has 108 valence electrons. The van der Waals surface area contributed by atoms with Crippen LogP contribution in [0.4, 0.5) is 5.69 Å². The second kappa shape index (κ2) is 7.73. The standard InChI is InChI=1S/C17H25N3/c1-3-5-7-12-17(15-10-8-6-9-11-15)19-16-13-18-20(4-2)14-16/h6,8-11,13-14,17,19H,3-5,7,12H2,1-2H3. The highest BCUT2D eigenvalue weighted by Gasteiger charge is 2.11. The molecule has 2 rings (SSSR count). The maximum absolute atomic E-state index is 4.33. The summed E-state index contributed by atoms with van der Waals surface area (Å²) in [5, 5.41) is 7.96. The van der Waals surface area contributed by atoms with Crippen molar-refractivity contribution in [1.29, 1.82) is 0 Å². The van der Waals surface area contributed by atoms with Crippen LogP contribution in [0.15, 0.2) is 42.7 Å². The van der Waals surface area contributed by atoms with Gasteiger partial charge in [-0.15, -0.1) is 0 Å². The first-order valence-corrected chi connectivity index (χ1v) is 7.67. The van der Waals surface area contributed by atoms with Crippen molar-refractivity contribution in [1.82, 2.24) is 9.78 Å². The lowest BCUT2D eigenvalue weighted by Crippen LogP contribution is -2.10. The van der Waals surface area contributed by atoms with Crippen molar-refractivity contribution in [2.45, 2.75) is 52.1 Å². The number of hydrogen-bond acceptors (Lipinski definition) is 2. The molecule has 20 heavy (non-hydrogen) atoms. The van der Waals surface area contributed by atoms with Gasteiger partial charge in [0, 0.05) is 12.7 Å². The van der Waals surface area contributed by atoms with E-state index in [0.29, 0.717) is 6.04 Å². The van der Waals surface area contributed by atoms with Crippen LogP contribution in [0, 0.1) is 0 Å². The molecule has 0 fully saturated rings. The second-order valence-electron chi connectivity index (χ2n) is 5.19. The van der Waals surface area contributed by atoms with Gasteiger partial charge in [0.05, 0.1) is 17.9 Å². The molecule has 2 aromatic rings. The van der Waals surface area contributed by atoms with Gasteiger partial charge >= 0.3 is 0 Å². The lowest BCUT2D eigenvalue weighted by Gasteiger charge is -2.19. The molecule has 0 aliphatic heterocycles. The molecule has 1 aromatic heterocycles. The number of unbranched alkanes of at least 4 members (excludes halogenated alkanes) is 2. The number of benzene rings is 1.